The fourth-order valence-corrected chi connectivity index (χ4v) is 1.50. The molecular weight excluding hydrogens is 156 g/mol. The van der Waals surface area contributed by atoms with Crippen molar-refractivity contribution in [1.29, 1.82) is 0 Å². The van der Waals surface area contributed by atoms with Crippen LogP contribution in [0.1, 0.15) is 33.1 Å². The Bertz CT molecular complexity index is 182. The minimum Gasteiger partial charge on any atom is -0.481 e. The van der Waals surface area contributed by atoms with Crippen molar-refractivity contribution in [1.82, 2.24) is 0 Å². The standard InChI is InChI=1S/C9H16O3/c1-6(2)5-7(10)9(3-4-9)8(11)12/h6-7,10H,3-5H2,1-2H3,(H,11,12). The molecule has 0 saturated heterocycles. The van der Waals surface area contributed by atoms with Crippen LogP contribution in [0.5, 0.6) is 0 Å². The van der Waals surface area contributed by atoms with Gasteiger partial charge in [0.1, 0.15) is 0 Å². The third-order valence-corrected chi connectivity index (χ3v) is 2.55. The molecule has 1 atom stereocenters. The summed E-state index contributed by atoms with van der Waals surface area (Å²) < 4.78 is 0. The van der Waals surface area contributed by atoms with Gasteiger partial charge in [0.2, 0.25) is 0 Å². The lowest BCUT2D eigenvalue weighted by Crippen LogP contribution is -2.31. The van der Waals surface area contributed by atoms with Crippen LogP contribution in [0.4, 0.5) is 0 Å². The van der Waals surface area contributed by atoms with Gasteiger partial charge in [-0.25, -0.2) is 0 Å². The number of rotatable bonds is 4. The fraction of sp³-hybridized carbons (Fsp3) is 0.889. The highest BCUT2D eigenvalue weighted by molar-refractivity contribution is 5.78. The Kier molecular flexibility index (Phi) is 2.42. The highest BCUT2D eigenvalue weighted by Gasteiger charge is 2.55. The maximum atomic E-state index is 10.7. The first-order valence-corrected chi connectivity index (χ1v) is 4.40. The summed E-state index contributed by atoms with van der Waals surface area (Å²) in [6.45, 7) is 3.97. The topological polar surface area (TPSA) is 57.5 Å². The first-order chi connectivity index (χ1) is 5.49. The summed E-state index contributed by atoms with van der Waals surface area (Å²) in [5, 5.41) is 18.4. The molecule has 2 N–H and O–H groups in total. The van der Waals surface area contributed by atoms with E-state index in [1.165, 1.54) is 0 Å². The minimum absolute atomic E-state index is 0.358. The molecule has 1 aliphatic rings. The molecule has 0 aromatic heterocycles. The zero-order valence-corrected chi connectivity index (χ0v) is 7.58. The Morgan fingerprint density at radius 2 is 2.00 bits per heavy atom. The summed E-state index contributed by atoms with van der Waals surface area (Å²) in [6.07, 6.45) is 1.20. The van der Waals surface area contributed by atoms with Gasteiger partial charge >= 0.3 is 5.97 Å². The highest BCUT2D eigenvalue weighted by Crippen LogP contribution is 2.50. The van der Waals surface area contributed by atoms with Gasteiger partial charge in [0.15, 0.2) is 0 Å². The van der Waals surface area contributed by atoms with Gasteiger partial charge in [-0.1, -0.05) is 13.8 Å². The Labute approximate surface area is 72.4 Å². The van der Waals surface area contributed by atoms with Crippen LogP contribution in [-0.2, 0) is 4.79 Å². The highest BCUT2D eigenvalue weighted by atomic mass is 16.4. The third-order valence-electron chi connectivity index (χ3n) is 2.55. The van der Waals surface area contributed by atoms with Gasteiger partial charge in [-0.15, -0.1) is 0 Å². The molecule has 0 aromatic carbocycles. The van der Waals surface area contributed by atoms with Crippen LogP contribution in [0.3, 0.4) is 0 Å². The molecule has 0 aromatic rings. The van der Waals surface area contributed by atoms with E-state index >= 15 is 0 Å². The van der Waals surface area contributed by atoms with E-state index < -0.39 is 17.5 Å². The Morgan fingerprint density at radius 3 is 2.25 bits per heavy atom. The number of aliphatic hydroxyl groups is 1. The smallest absolute Gasteiger partial charge is 0.312 e. The molecule has 1 fully saturated rings. The molecule has 1 aliphatic carbocycles. The van der Waals surface area contributed by atoms with Gasteiger partial charge < -0.3 is 10.2 Å². The van der Waals surface area contributed by atoms with Crippen molar-refractivity contribution >= 4 is 5.97 Å². The zero-order chi connectivity index (χ0) is 9.35. The second kappa shape index (κ2) is 3.05. The van der Waals surface area contributed by atoms with Gasteiger partial charge in [0.25, 0.3) is 0 Å². The van der Waals surface area contributed by atoms with E-state index in [-0.39, 0.29) is 0 Å². The number of hydrogen-bond donors (Lipinski definition) is 2. The first kappa shape index (κ1) is 9.52. The summed E-state index contributed by atoms with van der Waals surface area (Å²) in [5.74, 6) is -0.479. The van der Waals surface area contributed by atoms with E-state index in [4.69, 9.17) is 5.11 Å². The number of carbonyl (C=O) groups is 1. The largest absolute Gasteiger partial charge is 0.481 e. The van der Waals surface area contributed by atoms with E-state index in [2.05, 4.69) is 0 Å². The van der Waals surface area contributed by atoms with Crippen LogP contribution in [-0.4, -0.2) is 22.3 Å². The van der Waals surface area contributed by atoms with Crippen molar-refractivity contribution in [2.75, 3.05) is 0 Å². The molecular formula is C9H16O3. The molecule has 12 heavy (non-hydrogen) atoms. The molecule has 0 bridgehead atoms. The maximum absolute atomic E-state index is 10.7. The lowest BCUT2D eigenvalue weighted by molar-refractivity contribution is -0.148. The summed E-state index contributed by atoms with van der Waals surface area (Å²) in [7, 11) is 0. The number of aliphatic hydroxyl groups excluding tert-OH is 1. The molecule has 3 heteroatoms. The molecule has 0 heterocycles. The van der Waals surface area contributed by atoms with Crippen molar-refractivity contribution in [3.63, 3.8) is 0 Å². The quantitative estimate of drug-likeness (QED) is 0.671. The first-order valence-electron chi connectivity index (χ1n) is 4.40. The molecule has 1 rings (SSSR count). The van der Waals surface area contributed by atoms with E-state index in [1.807, 2.05) is 13.8 Å². The number of aliphatic carboxylic acids is 1. The second-order valence-electron chi connectivity index (χ2n) is 4.11. The Hall–Kier alpha value is -0.570. The molecule has 1 saturated carbocycles. The molecule has 1 unspecified atom stereocenters. The van der Waals surface area contributed by atoms with Crippen molar-refractivity contribution < 1.29 is 15.0 Å². The average Bonchev–Trinajstić information content (AvgIpc) is 2.63. The summed E-state index contributed by atoms with van der Waals surface area (Å²) >= 11 is 0. The van der Waals surface area contributed by atoms with Crippen LogP contribution >= 0.6 is 0 Å². The molecule has 0 radical (unpaired) electrons. The summed E-state index contributed by atoms with van der Waals surface area (Å²) in [5.41, 5.74) is -0.787. The van der Waals surface area contributed by atoms with Crippen molar-refractivity contribution in [3.05, 3.63) is 0 Å². The predicted molar refractivity (Wildman–Crippen MR) is 44.8 cm³/mol. The van der Waals surface area contributed by atoms with Gasteiger partial charge in [-0.3, -0.25) is 4.79 Å². The summed E-state index contributed by atoms with van der Waals surface area (Å²) in [6, 6.07) is 0. The van der Waals surface area contributed by atoms with Crippen LogP contribution in [0, 0.1) is 11.3 Å². The lowest BCUT2D eigenvalue weighted by atomic mass is 9.92. The summed E-state index contributed by atoms with van der Waals surface area (Å²) in [4.78, 5) is 10.7. The van der Waals surface area contributed by atoms with Crippen molar-refractivity contribution in [2.45, 2.75) is 39.2 Å². The SMILES string of the molecule is CC(C)CC(O)C1(C(=O)O)CC1. The number of carboxylic acids is 1. The van der Waals surface area contributed by atoms with Crippen LogP contribution in [0.25, 0.3) is 0 Å². The predicted octanol–water partition coefficient (Wildman–Crippen LogP) is 1.26. The van der Waals surface area contributed by atoms with Crippen molar-refractivity contribution in [3.8, 4) is 0 Å². The maximum Gasteiger partial charge on any atom is 0.312 e. The molecule has 0 aliphatic heterocycles. The van der Waals surface area contributed by atoms with Crippen LogP contribution in [0.2, 0.25) is 0 Å². The number of carboxylic acid groups (broad SMARTS) is 1. The fourth-order valence-electron chi connectivity index (χ4n) is 1.50. The average molecular weight is 172 g/mol. The monoisotopic (exact) mass is 172 g/mol. The second-order valence-corrected chi connectivity index (χ2v) is 4.11. The normalized spacial score (nSPS) is 22.3. The van der Waals surface area contributed by atoms with Gasteiger partial charge in [-0.2, -0.15) is 0 Å². The lowest BCUT2D eigenvalue weighted by Gasteiger charge is -2.19. The zero-order valence-electron chi connectivity index (χ0n) is 7.58. The molecule has 70 valence electrons. The van der Waals surface area contributed by atoms with E-state index in [9.17, 15) is 9.90 Å². The Balaban J connectivity index is 2.52. The van der Waals surface area contributed by atoms with E-state index in [1.54, 1.807) is 0 Å². The van der Waals surface area contributed by atoms with E-state index in [0.717, 1.165) is 0 Å². The van der Waals surface area contributed by atoms with Crippen molar-refractivity contribution in [2.24, 2.45) is 11.3 Å². The molecule has 0 amide bonds. The number of hydrogen-bond acceptors (Lipinski definition) is 2. The van der Waals surface area contributed by atoms with Crippen LogP contribution in [0.15, 0.2) is 0 Å². The molecule has 3 nitrogen and oxygen atoms in total. The minimum atomic E-state index is -0.837. The Morgan fingerprint density at radius 1 is 1.50 bits per heavy atom. The molecule has 0 spiro atoms. The van der Waals surface area contributed by atoms with Gasteiger partial charge in [-0.05, 0) is 25.2 Å². The van der Waals surface area contributed by atoms with Gasteiger partial charge in [0.05, 0.1) is 11.5 Å². The third kappa shape index (κ3) is 1.61. The van der Waals surface area contributed by atoms with E-state index in [0.29, 0.717) is 25.2 Å². The van der Waals surface area contributed by atoms with Gasteiger partial charge in [0, 0.05) is 0 Å². The van der Waals surface area contributed by atoms with Crippen LogP contribution < -0.4 is 0 Å².